The number of likely N-dealkylation sites (tertiary alicyclic amines) is 1. The van der Waals surface area contributed by atoms with Gasteiger partial charge in [0.1, 0.15) is 17.3 Å². The highest BCUT2D eigenvalue weighted by Gasteiger charge is 2.47. The fraction of sp³-hybridized carbons (Fsp3) is 0.360. The van der Waals surface area contributed by atoms with Gasteiger partial charge in [0, 0.05) is 18.7 Å². The summed E-state index contributed by atoms with van der Waals surface area (Å²) in [5, 5.41) is 11.4. The normalized spacial score (nSPS) is 17.8. The van der Waals surface area contributed by atoms with Gasteiger partial charge in [-0.1, -0.05) is 24.3 Å². The summed E-state index contributed by atoms with van der Waals surface area (Å²) < 4.78 is 11.1. The monoisotopic (exact) mass is 438 g/mol. The van der Waals surface area contributed by atoms with Crippen molar-refractivity contribution in [2.75, 3.05) is 41.4 Å². The second-order valence-corrected chi connectivity index (χ2v) is 8.20. The van der Waals surface area contributed by atoms with Crippen LogP contribution in [-0.4, -0.2) is 68.0 Å². The second-order valence-electron chi connectivity index (χ2n) is 8.20. The number of nitrogens with zero attached hydrogens (tertiary/aromatic N) is 2. The van der Waals surface area contributed by atoms with Crippen LogP contribution in [0.1, 0.15) is 28.3 Å². The quantitative estimate of drug-likeness (QED) is 0.406. The fourth-order valence-electron chi connectivity index (χ4n) is 4.18. The number of aryl methyl sites for hydroxylation is 2. The zero-order chi connectivity index (χ0) is 23.6. The van der Waals surface area contributed by atoms with E-state index in [4.69, 9.17) is 9.47 Å². The van der Waals surface area contributed by atoms with Gasteiger partial charge < -0.3 is 24.4 Å². The van der Waals surface area contributed by atoms with Crippen LogP contribution in [0.3, 0.4) is 0 Å². The number of hydrogen-bond acceptors (Lipinski definition) is 6. The number of para-hydroxylation sites is 1. The van der Waals surface area contributed by atoms with E-state index in [0.29, 0.717) is 35.7 Å². The molecule has 0 spiro atoms. The lowest BCUT2D eigenvalue weighted by atomic mass is 9.93. The van der Waals surface area contributed by atoms with Crippen LogP contribution in [0.4, 0.5) is 0 Å². The van der Waals surface area contributed by atoms with Crippen molar-refractivity contribution in [3.63, 3.8) is 0 Å². The Balaban J connectivity index is 2.29. The maximum absolute atomic E-state index is 13.2. The number of rotatable bonds is 7. The Bertz CT molecular complexity index is 1070. The zero-order valence-corrected chi connectivity index (χ0v) is 19.4. The van der Waals surface area contributed by atoms with Crippen molar-refractivity contribution >= 4 is 17.4 Å². The molecule has 1 atom stereocenters. The molecule has 1 saturated heterocycles. The molecule has 0 aromatic heterocycles. The average Bonchev–Trinajstić information content (AvgIpc) is 3.01. The lowest BCUT2D eigenvalue weighted by Gasteiger charge is -2.27. The van der Waals surface area contributed by atoms with E-state index >= 15 is 0 Å². The fourth-order valence-corrected chi connectivity index (χ4v) is 4.18. The number of aliphatic hydroxyl groups is 1. The molecule has 1 heterocycles. The van der Waals surface area contributed by atoms with Gasteiger partial charge in [0.15, 0.2) is 0 Å². The van der Waals surface area contributed by atoms with Gasteiger partial charge in [-0.25, -0.2) is 0 Å². The van der Waals surface area contributed by atoms with E-state index in [1.54, 1.807) is 12.1 Å². The van der Waals surface area contributed by atoms with Gasteiger partial charge in [-0.05, 0) is 51.2 Å². The Hall–Kier alpha value is -3.32. The van der Waals surface area contributed by atoms with E-state index in [1.165, 1.54) is 19.1 Å². The molecule has 1 fully saturated rings. The third kappa shape index (κ3) is 4.21. The summed E-state index contributed by atoms with van der Waals surface area (Å²) in [6, 6.07) is 10.1. The molecule has 1 N–H and O–H groups in total. The number of ether oxygens (including phenoxy) is 2. The summed E-state index contributed by atoms with van der Waals surface area (Å²) in [5.74, 6) is -0.625. The number of carbonyl (C=O) groups excluding carboxylic acids is 2. The van der Waals surface area contributed by atoms with Crippen LogP contribution in [0, 0.1) is 13.8 Å². The Labute approximate surface area is 188 Å². The largest absolute Gasteiger partial charge is 0.507 e. The van der Waals surface area contributed by atoms with Crippen molar-refractivity contribution in [1.29, 1.82) is 0 Å². The van der Waals surface area contributed by atoms with E-state index in [2.05, 4.69) is 0 Å². The number of ketones is 1. The first kappa shape index (κ1) is 23.3. The van der Waals surface area contributed by atoms with Gasteiger partial charge >= 0.3 is 0 Å². The maximum Gasteiger partial charge on any atom is 0.295 e. The van der Waals surface area contributed by atoms with Crippen molar-refractivity contribution in [2.45, 2.75) is 19.9 Å². The molecule has 0 bridgehead atoms. The highest BCUT2D eigenvalue weighted by atomic mass is 16.5. The first-order valence-electron chi connectivity index (χ1n) is 10.4. The summed E-state index contributed by atoms with van der Waals surface area (Å²) in [6.07, 6.45) is 0. The third-order valence-electron chi connectivity index (χ3n) is 5.64. The predicted molar refractivity (Wildman–Crippen MR) is 123 cm³/mol. The van der Waals surface area contributed by atoms with Crippen molar-refractivity contribution in [2.24, 2.45) is 0 Å². The molecule has 32 heavy (non-hydrogen) atoms. The maximum atomic E-state index is 13.2. The first-order valence-corrected chi connectivity index (χ1v) is 10.4. The van der Waals surface area contributed by atoms with Gasteiger partial charge in [0.25, 0.3) is 11.7 Å². The number of hydrogen-bond donors (Lipinski definition) is 1. The summed E-state index contributed by atoms with van der Waals surface area (Å²) in [5.41, 5.74) is 2.78. The topological polar surface area (TPSA) is 79.3 Å². The molecule has 0 aliphatic carbocycles. The van der Waals surface area contributed by atoms with Crippen LogP contribution in [0.5, 0.6) is 11.5 Å². The number of methoxy groups -OCH3 is 2. The first-order chi connectivity index (χ1) is 15.2. The lowest BCUT2D eigenvalue weighted by molar-refractivity contribution is -0.140. The smallest absolute Gasteiger partial charge is 0.295 e. The minimum atomic E-state index is -0.781. The Morgan fingerprint density at radius 1 is 1.09 bits per heavy atom. The van der Waals surface area contributed by atoms with Crippen LogP contribution in [0.25, 0.3) is 5.76 Å². The second kappa shape index (κ2) is 9.44. The van der Waals surface area contributed by atoms with Crippen molar-refractivity contribution in [3.05, 3.63) is 64.2 Å². The molecule has 7 nitrogen and oxygen atoms in total. The molecule has 3 rings (SSSR count). The number of amides is 1. The molecule has 2 aromatic rings. The third-order valence-corrected chi connectivity index (χ3v) is 5.64. The number of likely N-dealkylation sites (N-methyl/N-ethyl adjacent to an activating group) is 1. The molecule has 170 valence electrons. The van der Waals surface area contributed by atoms with E-state index in [1.807, 2.05) is 57.1 Å². The molecule has 2 aromatic carbocycles. The number of carbonyl (C=O) groups is 2. The molecule has 1 unspecified atom stereocenters. The van der Waals surface area contributed by atoms with Crippen LogP contribution in [0.2, 0.25) is 0 Å². The molecule has 1 amide bonds. The standard InChI is InChI=1S/C25H30N2O5/c1-15-13-16(2)24(32-6)18(14-15)22(28)20-21(17-9-7-8-10-19(17)31-5)27(12-11-26(3)4)25(30)23(20)29/h7-10,13-14,21,28H,11-12H2,1-6H3/b22-20+. The summed E-state index contributed by atoms with van der Waals surface area (Å²) in [6.45, 7) is 4.65. The number of benzene rings is 2. The van der Waals surface area contributed by atoms with E-state index < -0.39 is 17.7 Å². The number of Topliss-reactive ketones (excluding diaryl/α,β-unsaturated/α-hetero) is 1. The summed E-state index contributed by atoms with van der Waals surface area (Å²) in [4.78, 5) is 29.7. The van der Waals surface area contributed by atoms with Crippen LogP contribution >= 0.6 is 0 Å². The highest BCUT2D eigenvalue weighted by molar-refractivity contribution is 6.46. The lowest BCUT2D eigenvalue weighted by Crippen LogP contribution is -2.35. The van der Waals surface area contributed by atoms with Crippen molar-refractivity contribution in [3.8, 4) is 11.5 Å². The minimum Gasteiger partial charge on any atom is -0.507 e. The zero-order valence-electron chi connectivity index (χ0n) is 19.4. The molecular weight excluding hydrogens is 408 g/mol. The van der Waals surface area contributed by atoms with Crippen molar-refractivity contribution in [1.82, 2.24) is 9.80 Å². The van der Waals surface area contributed by atoms with Gasteiger partial charge in [-0.3, -0.25) is 9.59 Å². The van der Waals surface area contributed by atoms with Crippen molar-refractivity contribution < 1.29 is 24.2 Å². The molecule has 1 aliphatic rings. The van der Waals surface area contributed by atoms with Gasteiger partial charge in [-0.15, -0.1) is 0 Å². The van der Waals surface area contributed by atoms with Crippen LogP contribution in [0.15, 0.2) is 42.0 Å². The predicted octanol–water partition coefficient (Wildman–Crippen LogP) is 3.30. The molecule has 7 heteroatoms. The SMILES string of the molecule is COc1ccccc1C1/C(=C(\O)c2cc(C)cc(C)c2OC)C(=O)C(=O)N1CCN(C)C. The molecule has 0 saturated carbocycles. The Kier molecular flexibility index (Phi) is 6.89. The van der Waals surface area contributed by atoms with Crippen LogP contribution < -0.4 is 9.47 Å². The van der Waals surface area contributed by atoms with E-state index in [0.717, 1.165) is 11.1 Å². The van der Waals surface area contributed by atoms with Gasteiger partial charge in [-0.2, -0.15) is 0 Å². The average molecular weight is 439 g/mol. The summed E-state index contributed by atoms with van der Waals surface area (Å²) >= 11 is 0. The highest BCUT2D eigenvalue weighted by Crippen LogP contribution is 2.44. The van der Waals surface area contributed by atoms with Gasteiger partial charge in [0.2, 0.25) is 0 Å². The van der Waals surface area contributed by atoms with E-state index in [-0.39, 0.29) is 11.3 Å². The number of aliphatic hydroxyl groups excluding tert-OH is 1. The molecule has 1 aliphatic heterocycles. The van der Waals surface area contributed by atoms with Crippen LogP contribution in [-0.2, 0) is 9.59 Å². The Morgan fingerprint density at radius 2 is 1.78 bits per heavy atom. The van der Waals surface area contributed by atoms with E-state index in [9.17, 15) is 14.7 Å². The molecular formula is C25H30N2O5. The van der Waals surface area contributed by atoms with Gasteiger partial charge in [0.05, 0.1) is 31.4 Å². The minimum absolute atomic E-state index is 0.0292. The Morgan fingerprint density at radius 3 is 2.41 bits per heavy atom. The summed E-state index contributed by atoms with van der Waals surface area (Å²) in [7, 11) is 6.85. The molecule has 0 radical (unpaired) electrons.